The van der Waals surface area contributed by atoms with Gasteiger partial charge < -0.3 is 5.73 Å². The quantitative estimate of drug-likeness (QED) is 0.858. The Morgan fingerprint density at radius 3 is 1.79 bits per heavy atom. The van der Waals surface area contributed by atoms with Crippen LogP contribution in [0.3, 0.4) is 0 Å². The standard InChI is InChI=1S/C17H20ClN/c1-12(2)17(11-19)15-5-3-13(4-6-15)14-7-9-16(18)10-8-14/h3-10,12,17H,11,19H2,1-2H3. The molecule has 2 aromatic rings. The molecule has 0 aromatic heterocycles. The van der Waals surface area contributed by atoms with Crippen LogP contribution in [0, 0.1) is 5.92 Å². The lowest BCUT2D eigenvalue weighted by Gasteiger charge is -2.19. The summed E-state index contributed by atoms with van der Waals surface area (Å²) >= 11 is 5.91. The first-order valence-electron chi connectivity index (χ1n) is 6.67. The van der Waals surface area contributed by atoms with Crippen molar-refractivity contribution in [1.29, 1.82) is 0 Å². The van der Waals surface area contributed by atoms with Gasteiger partial charge in [0.05, 0.1) is 0 Å². The number of benzene rings is 2. The van der Waals surface area contributed by atoms with Crippen molar-refractivity contribution in [1.82, 2.24) is 0 Å². The molecule has 0 saturated carbocycles. The number of hydrogen-bond donors (Lipinski definition) is 1. The van der Waals surface area contributed by atoms with Crippen LogP contribution in [0.4, 0.5) is 0 Å². The molecule has 2 rings (SSSR count). The molecular formula is C17H20ClN. The summed E-state index contributed by atoms with van der Waals surface area (Å²) < 4.78 is 0. The van der Waals surface area contributed by atoms with Crippen molar-refractivity contribution in [2.75, 3.05) is 6.54 Å². The monoisotopic (exact) mass is 273 g/mol. The Labute approximate surface area is 120 Å². The molecule has 1 atom stereocenters. The highest BCUT2D eigenvalue weighted by atomic mass is 35.5. The summed E-state index contributed by atoms with van der Waals surface area (Å²) in [4.78, 5) is 0. The minimum atomic E-state index is 0.430. The molecule has 1 unspecified atom stereocenters. The number of rotatable bonds is 4. The normalized spacial score (nSPS) is 12.7. The third-order valence-electron chi connectivity index (χ3n) is 3.58. The summed E-state index contributed by atoms with van der Waals surface area (Å²) in [5.41, 5.74) is 9.57. The van der Waals surface area contributed by atoms with Crippen LogP contribution in [0.25, 0.3) is 11.1 Å². The maximum Gasteiger partial charge on any atom is 0.0406 e. The van der Waals surface area contributed by atoms with E-state index < -0.39 is 0 Å². The van der Waals surface area contributed by atoms with E-state index in [4.69, 9.17) is 17.3 Å². The van der Waals surface area contributed by atoms with Gasteiger partial charge in [0.2, 0.25) is 0 Å². The molecule has 0 aliphatic carbocycles. The molecule has 0 radical (unpaired) electrons. The van der Waals surface area contributed by atoms with Crippen molar-refractivity contribution in [3.63, 3.8) is 0 Å². The molecule has 0 aliphatic rings. The van der Waals surface area contributed by atoms with Gasteiger partial charge in [-0.2, -0.15) is 0 Å². The second-order valence-corrected chi connectivity index (χ2v) is 5.65. The van der Waals surface area contributed by atoms with Crippen molar-refractivity contribution in [3.05, 3.63) is 59.1 Å². The third kappa shape index (κ3) is 3.37. The summed E-state index contributed by atoms with van der Waals surface area (Å²) in [5, 5.41) is 0.767. The van der Waals surface area contributed by atoms with E-state index in [9.17, 15) is 0 Å². The lowest BCUT2D eigenvalue weighted by molar-refractivity contribution is 0.506. The first-order valence-corrected chi connectivity index (χ1v) is 7.05. The van der Waals surface area contributed by atoms with Crippen molar-refractivity contribution in [2.24, 2.45) is 11.7 Å². The first kappa shape index (κ1) is 14.1. The molecular weight excluding hydrogens is 254 g/mol. The number of nitrogens with two attached hydrogens (primary N) is 1. The van der Waals surface area contributed by atoms with E-state index in [-0.39, 0.29) is 0 Å². The van der Waals surface area contributed by atoms with Crippen LogP contribution in [0.2, 0.25) is 5.02 Å². The third-order valence-corrected chi connectivity index (χ3v) is 3.83. The van der Waals surface area contributed by atoms with E-state index in [0.717, 1.165) is 5.02 Å². The van der Waals surface area contributed by atoms with Crippen LogP contribution in [0.5, 0.6) is 0 Å². The van der Waals surface area contributed by atoms with Gasteiger partial charge in [0.25, 0.3) is 0 Å². The zero-order valence-electron chi connectivity index (χ0n) is 11.4. The summed E-state index contributed by atoms with van der Waals surface area (Å²) in [6, 6.07) is 16.6. The topological polar surface area (TPSA) is 26.0 Å². The Bertz CT molecular complexity index is 514. The van der Waals surface area contributed by atoms with Gasteiger partial charge in [-0.3, -0.25) is 0 Å². The Balaban J connectivity index is 2.25. The fourth-order valence-corrected chi connectivity index (χ4v) is 2.48. The van der Waals surface area contributed by atoms with Gasteiger partial charge >= 0.3 is 0 Å². The van der Waals surface area contributed by atoms with Gasteiger partial charge in [0.1, 0.15) is 0 Å². The molecule has 0 fully saturated rings. The molecule has 2 heteroatoms. The van der Waals surface area contributed by atoms with Crippen molar-refractivity contribution in [2.45, 2.75) is 19.8 Å². The molecule has 0 heterocycles. The predicted molar refractivity (Wildman–Crippen MR) is 83.5 cm³/mol. The maximum absolute atomic E-state index is 5.91. The number of halogens is 1. The number of hydrogen-bond acceptors (Lipinski definition) is 1. The average molecular weight is 274 g/mol. The van der Waals surface area contributed by atoms with Gasteiger partial charge in [-0.25, -0.2) is 0 Å². The molecule has 100 valence electrons. The van der Waals surface area contributed by atoms with E-state index in [2.05, 4.69) is 38.1 Å². The first-order chi connectivity index (χ1) is 9.11. The molecule has 0 aliphatic heterocycles. The van der Waals surface area contributed by atoms with Gasteiger partial charge in [-0.05, 0) is 47.2 Å². The predicted octanol–water partition coefficient (Wildman–Crippen LogP) is 4.71. The average Bonchev–Trinajstić information content (AvgIpc) is 2.41. The minimum Gasteiger partial charge on any atom is -0.330 e. The molecule has 1 nitrogen and oxygen atoms in total. The highest BCUT2D eigenvalue weighted by molar-refractivity contribution is 6.30. The van der Waals surface area contributed by atoms with Crippen LogP contribution in [-0.2, 0) is 0 Å². The van der Waals surface area contributed by atoms with Crippen molar-refractivity contribution >= 4 is 11.6 Å². The highest BCUT2D eigenvalue weighted by Crippen LogP contribution is 2.27. The lowest BCUT2D eigenvalue weighted by Crippen LogP contribution is -2.17. The fraction of sp³-hybridized carbons (Fsp3) is 0.294. The van der Waals surface area contributed by atoms with Crippen LogP contribution >= 0.6 is 11.6 Å². The zero-order chi connectivity index (χ0) is 13.8. The van der Waals surface area contributed by atoms with E-state index in [1.165, 1.54) is 16.7 Å². The molecule has 0 amide bonds. The van der Waals surface area contributed by atoms with E-state index in [1.54, 1.807) is 0 Å². The van der Waals surface area contributed by atoms with E-state index in [1.807, 2.05) is 24.3 Å². The van der Waals surface area contributed by atoms with Crippen molar-refractivity contribution in [3.8, 4) is 11.1 Å². The summed E-state index contributed by atoms with van der Waals surface area (Å²) in [5.74, 6) is 0.991. The second-order valence-electron chi connectivity index (χ2n) is 5.22. The maximum atomic E-state index is 5.91. The molecule has 19 heavy (non-hydrogen) atoms. The summed E-state index contributed by atoms with van der Waals surface area (Å²) in [6.07, 6.45) is 0. The Hall–Kier alpha value is -1.31. The Morgan fingerprint density at radius 1 is 0.895 bits per heavy atom. The summed E-state index contributed by atoms with van der Waals surface area (Å²) in [6.45, 7) is 5.12. The molecule has 0 saturated heterocycles. The van der Waals surface area contributed by atoms with Crippen LogP contribution in [0.1, 0.15) is 25.3 Å². The minimum absolute atomic E-state index is 0.430. The smallest absolute Gasteiger partial charge is 0.0406 e. The SMILES string of the molecule is CC(C)C(CN)c1ccc(-c2ccc(Cl)cc2)cc1. The van der Waals surface area contributed by atoms with Crippen LogP contribution in [-0.4, -0.2) is 6.54 Å². The van der Waals surface area contributed by atoms with Gasteiger partial charge in [-0.15, -0.1) is 0 Å². The molecule has 2 N–H and O–H groups in total. The zero-order valence-corrected chi connectivity index (χ0v) is 12.2. The Morgan fingerprint density at radius 2 is 1.37 bits per heavy atom. The fourth-order valence-electron chi connectivity index (χ4n) is 2.36. The van der Waals surface area contributed by atoms with E-state index >= 15 is 0 Å². The molecule has 0 spiro atoms. The van der Waals surface area contributed by atoms with Crippen molar-refractivity contribution < 1.29 is 0 Å². The largest absolute Gasteiger partial charge is 0.330 e. The van der Waals surface area contributed by atoms with Crippen LogP contribution in [0.15, 0.2) is 48.5 Å². The van der Waals surface area contributed by atoms with Gasteiger partial charge in [-0.1, -0.05) is 61.8 Å². The molecule has 2 aromatic carbocycles. The Kier molecular flexibility index (Phi) is 4.62. The van der Waals surface area contributed by atoms with Gasteiger partial charge in [0.15, 0.2) is 0 Å². The second kappa shape index (κ2) is 6.23. The van der Waals surface area contributed by atoms with Gasteiger partial charge in [0, 0.05) is 5.02 Å². The highest BCUT2D eigenvalue weighted by Gasteiger charge is 2.13. The molecule has 0 bridgehead atoms. The van der Waals surface area contributed by atoms with Crippen LogP contribution < -0.4 is 5.73 Å². The summed E-state index contributed by atoms with van der Waals surface area (Å²) in [7, 11) is 0. The lowest BCUT2D eigenvalue weighted by atomic mass is 9.88. The van der Waals surface area contributed by atoms with E-state index in [0.29, 0.717) is 18.4 Å².